The van der Waals surface area contributed by atoms with Crippen molar-refractivity contribution in [2.75, 3.05) is 19.7 Å². The van der Waals surface area contributed by atoms with E-state index in [1.54, 1.807) is 6.20 Å². The van der Waals surface area contributed by atoms with Crippen LogP contribution in [0.3, 0.4) is 0 Å². The Balaban J connectivity index is 1.93. The summed E-state index contributed by atoms with van der Waals surface area (Å²) in [5.74, 6) is -0.753. The molecular formula is C12H19N3O3. The van der Waals surface area contributed by atoms with Gasteiger partial charge < -0.3 is 9.84 Å². The van der Waals surface area contributed by atoms with E-state index in [0.29, 0.717) is 32.7 Å². The van der Waals surface area contributed by atoms with Gasteiger partial charge in [-0.25, -0.2) is 0 Å². The molecule has 100 valence electrons. The normalized spacial score (nSPS) is 22.8. The first-order chi connectivity index (χ1) is 8.70. The molecule has 18 heavy (non-hydrogen) atoms. The molecule has 0 amide bonds. The Kier molecular flexibility index (Phi) is 4.33. The first-order valence-corrected chi connectivity index (χ1v) is 6.26. The van der Waals surface area contributed by atoms with Gasteiger partial charge in [0.05, 0.1) is 19.3 Å². The van der Waals surface area contributed by atoms with Gasteiger partial charge in [-0.2, -0.15) is 5.10 Å². The molecule has 2 heterocycles. The number of rotatable bonds is 5. The molecule has 1 aromatic heterocycles. The number of morpholine rings is 1. The summed E-state index contributed by atoms with van der Waals surface area (Å²) in [5.41, 5.74) is 0. The molecule has 2 unspecified atom stereocenters. The minimum atomic E-state index is -0.753. The van der Waals surface area contributed by atoms with Gasteiger partial charge in [0.1, 0.15) is 6.04 Å². The predicted octanol–water partition coefficient (Wildman–Crippen LogP) is 0.447. The maximum atomic E-state index is 11.2. The van der Waals surface area contributed by atoms with Gasteiger partial charge in [-0.05, 0) is 12.5 Å². The van der Waals surface area contributed by atoms with Crippen molar-refractivity contribution in [1.82, 2.24) is 14.7 Å². The van der Waals surface area contributed by atoms with E-state index in [2.05, 4.69) is 5.10 Å². The predicted molar refractivity (Wildman–Crippen MR) is 65.3 cm³/mol. The Labute approximate surface area is 106 Å². The van der Waals surface area contributed by atoms with E-state index >= 15 is 0 Å². The van der Waals surface area contributed by atoms with E-state index in [1.165, 1.54) is 0 Å². The summed E-state index contributed by atoms with van der Waals surface area (Å²) >= 11 is 0. The third kappa shape index (κ3) is 3.08. The van der Waals surface area contributed by atoms with Crippen LogP contribution in [0.1, 0.15) is 13.3 Å². The zero-order valence-corrected chi connectivity index (χ0v) is 10.5. The molecule has 1 N–H and O–H groups in total. The highest BCUT2D eigenvalue weighted by Crippen LogP contribution is 2.13. The fourth-order valence-corrected chi connectivity index (χ4v) is 2.34. The molecule has 6 nitrogen and oxygen atoms in total. The van der Waals surface area contributed by atoms with E-state index < -0.39 is 12.0 Å². The van der Waals surface area contributed by atoms with Crippen molar-refractivity contribution < 1.29 is 14.6 Å². The Bertz CT molecular complexity index is 380. The van der Waals surface area contributed by atoms with Gasteiger partial charge in [0, 0.05) is 25.5 Å². The Morgan fingerprint density at radius 1 is 1.67 bits per heavy atom. The molecule has 0 aromatic carbocycles. The van der Waals surface area contributed by atoms with Crippen molar-refractivity contribution in [3.63, 3.8) is 0 Å². The SMILES string of the molecule is CCC(C(=O)O)N1CCOC(Cn2cccn2)C1. The molecule has 1 saturated heterocycles. The topological polar surface area (TPSA) is 67.6 Å². The second-order valence-corrected chi connectivity index (χ2v) is 4.48. The molecule has 0 saturated carbocycles. The second-order valence-electron chi connectivity index (χ2n) is 4.48. The first kappa shape index (κ1) is 13.0. The smallest absolute Gasteiger partial charge is 0.320 e. The van der Waals surface area contributed by atoms with Crippen molar-refractivity contribution in [2.45, 2.75) is 32.0 Å². The van der Waals surface area contributed by atoms with Gasteiger partial charge in [0.2, 0.25) is 0 Å². The zero-order chi connectivity index (χ0) is 13.0. The average Bonchev–Trinajstić information content (AvgIpc) is 2.83. The van der Waals surface area contributed by atoms with Crippen LogP contribution in [-0.2, 0) is 16.1 Å². The van der Waals surface area contributed by atoms with Crippen molar-refractivity contribution in [1.29, 1.82) is 0 Å². The van der Waals surface area contributed by atoms with E-state index in [-0.39, 0.29) is 6.10 Å². The number of aromatic nitrogens is 2. The molecule has 1 aliphatic heterocycles. The maximum Gasteiger partial charge on any atom is 0.320 e. The van der Waals surface area contributed by atoms with Crippen LogP contribution >= 0.6 is 0 Å². The number of hydrogen-bond donors (Lipinski definition) is 1. The highest BCUT2D eigenvalue weighted by molar-refractivity contribution is 5.73. The number of carboxylic acids is 1. The van der Waals surface area contributed by atoms with Crippen molar-refractivity contribution in [3.05, 3.63) is 18.5 Å². The second kappa shape index (κ2) is 5.97. The summed E-state index contributed by atoms with van der Waals surface area (Å²) < 4.78 is 7.48. The molecule has 1 aliphatic rings. The molecule has 0 aliphatic carbocycles. The quantitative estimate of drug-likeness (QED) is 0.825. The van der Waals surface area contributed by atoms with E-state index in [4.69, 9.17) is 9.84 Å². The molecule has 6 heteroatoms. The number of carbonyl (C=O) groups is 1. The lowest BCUT2D eigenvalue weighted by Gasteiger charge is -2.36. The molecular weight excluding hydrogens is 234 g/mol. The number of nitrogens with zero attached hydrogens (tertiary/aromatic N) is 3. The summed E-state index contributed by atoms with van der Waals surface area (Å²) in [7, 11) is 0. The molecule has 0 spiro atoms. The zero-order valence-electron chi connectivity index (χ0n) is 10.5. The lowest BCUT2D eigenvalue weighted by molar-refractivity contribution is -0.147. The Morgan fingerprint density at radius 2 is 2.50 bits per heavy atom. The standard InChI is InChI=1S/C12H19N3O3/c1-2-11(12(16)17)14-6-7-18-10(8-14)9-15-5-3-4-13-15/h3-5,10-11H,2,6-9H2,1H3,(H,16,17). The van der Waals surface area contributed by atoms with Crippen LogP contribution in [0.15, 0.2) is 18.5 Å². The van der Waals surface area contributed by atoms with Gasteiger partial charge in [0.15, 0.2) is 0 Å². The summed E-state index contributed by atoms with van der Waals surface area (Å²) in [4.78, 5) is 13.1. The van der Waals surface area contributed by atoms with E-state index in [1.807, 2.05) is 28.8 Å². The van der Waals surface area contributed by atoms with Gasteiger partial charge in [-0.15, -0.1) is 0 Å². The monoisotopic (exact) mass is 253 g/mol. The van der Waals surface area contributed by atoms with Gasteiger partial charge in [-0.1, -0.05) is 6.92 Å². The van der Waals surface area contributed by atoms with Crippen LogP contribution in [0, 0.1) is 0 Å². The average molecular weight is 253 g/mol. The maximum absolute atomic E-state index is 11.2. The largest absolute Gasteiger partial charge is 0.480 e. The third-order valence-electron chi connectivity index (χ3n) is 3.23. The number of carboxylic acid groups (broad SMARTS) is 1. The third-order valence-corrected chi connectivity index (χ3v) is 3.23. The Hall–Kier alpha value is -1.40. The van der Waals surface area contributed by atoms with Crippen molar-refractivity contribution in [2.24, 2.45) is 0 Å². The minimum absolute atomic E-state index is 0.00653. The Morgan fingerprint density at radius 3 is 3.11 bits per heavy atom. The van der Waals surface area contributed by atoms with Crippen LogP contribution < -0.4 is 0 Å². The van der Waals surface area contributed by atoms with Crippen LogP contribution in [0.25, 0.3) is 0 Å². The number of hydrogen-bond acceptors (Lipinski definition) is 4. The first-order valence-electron chi connectivity index (χ1n) is 6.26. The summed E-state index contributed by atoms with van der Waals surface area (Å²) in [6, 6.07) is 1.46. The summed E-state index contributed by atoms with van der Waals surface area (Å²) in [6.45, 7) is 4.47. The molecule has 2 rings (SSSR count). The number of aliphatic carboxylic acids is 1. The minimum Gasteiger partial charge on any atom is -0.480 e. The fourth-order valence-electron chi connectivity index (χ4n) is 2.34. The van der Waals surface area contributed by atoms with Crippen molar-refractivity contribution in [3.8, 4) is 0 Å². The van der Waals surface area contributed by atoms with Crippen LogP contribution in [0.5, 0.6) is 0 Å². The van der Waals surface area contributed by atoms with Crippen LogP contribution in [0.2, 0.25) is 0 Å². The highest BCUT2D eigenvalue weighted by atomic mass is 16.5. The molecule has 1 fully saturated rings. The van der Waals surface area contributed by atoms with E-state index in [9.17, 15) is 4.79 Å². The van der Waals surface area contributed by atoms with Crippen LogP contribution in [-0.4, -0.2) is 57.6 Å². The lowest BCUT2D eigenvalue weighted by atomic mass is 10.1. The van der Waals surface area contributed by atoms with Gasteiger partial charge >= 0.3 is 5.97 Å². The van der Waals surface area contributed by atoms with Gasteiger partial charge in [0.25, 0.3) is 0 Å². The van der Waals surface area contributed by atoms with Crippen molar-refractivity contribution >= 4 is 5.97 Å². The molecule has 0 bridgehead atoms. The molecule has 1 aromatic rings. The van der Waals surface area contributed by atoms with Crippen LogP contribution in [0.4, 0.5) is 0 Å². The molecule has 0 radical (unpaired) electrons. The van der Waals surface area contributed by atoms with E-state index in [0.717, 1.165) is 0 Å². The van der Waals surface area contributed by atoms with Gasteiger partial charge in [-0.3, -0.25) is 14.4 Å². The lowest BCUT2D eigenvalue weighted by Crippen LogP contribution is -2.51. The highest BCUT2D eigenvalue weighted by Gasteiger charge is 2.29. The summed E-state index contributed by atoms with van der Waals surface area (Å²) in [5, 5.41) is 13.3. The fraction of sp³-hybridized carbons (Fsp3) is 0.667. The summed E-state index contributed by atoms with van der Waals surface area (Å²) in [6.07, 6.45) is 4.24. The molecule has 2 atom stereocenters. The number of ether oxygens (including phenoxy) is 1.